The van der Waals surface area contributed by atoms with Crippen LogP contribution in [-0.4, -0.2) is 36.2 Å². The summed E-state index contributed by atoms with van der Waals surface area (Å²) in [6.45, 7) is 5.23. The molecule has 5 nitrogen and oxygen atoms in total. The number of benzene rings is 2. The van der Waals surface area contributed by atoms with Crippen LogP contribution in [0.2, 0.25) is 15.1 Å². The van der Waals surface area contributed by atoms with Gasteiger partial charge in [0.1, 0.15) is 6.61 Å². The summed E-state index contributed by atoms with van der Waals surface area (Å²) in [5, 5.41) is 2.13. The molecular weight excluding hydrogens is 479 g/mol. The molecule has 0 spiro atoms. The first-order valence-corrected chi connectivity index (χ1v) is 11.5. The summed E-state index contributed by atoms with van der Waals surface area (Å²) in [5.41, 5.74) is 1.49. The van der Waals surface area contributed by atoms with Gasteiger partial charge in [-0.05, 0) is 61.5 Å². The Morgan fingerprint density at radius 2 is 1.90 bits per heavy atom. The van der Waals surface area contributed by atoms with E-state index in [2.05, 4.69) is 4.99 Å². The summed E-state index contributed by atoms with van der Waals surface area (Å²) < 4.78 is 11.4. The molecule has 0 bridgehead atoms. The molecule has 0 atom stereocenters. The number of ether oxygens (including phenoxy) is 2. The lowest BCUT2D eigenvalue weighted by Crippen LogP contribution is -2.28. The van der Waals surface area contributed by atoms with Crippen molar-refractivity contribution < 1.29 is 14.3 Å². The van der Waals surface area contributed by atoms with Crippen LogP contribution in [0.25, 0.3) is 6.08 Å². The van der Waals surface area contributed by atoms with Crippen molar-refractivity contribution in [1.82, 2.24) is 4.90 Å². The quantitative estimate of drug-likeness (QED) is 0.406. The number of halogens is 3. The zero-order valence-electron chi connectivity index (χ0n) is 17.2. The molecule has 164 valence electrons. The number of carbonyl (C=O) groups excluding carboxylic acids is 1. The maximum atomic E-state index is 12.7. The van der Waals surface area contributed by atoms with E-state index in [1.54, 1.807) is 41.3 Å². The number of amides is 1. The van der Waals surface area contributed by atoms with Gasteiger partial charge in [0.15, 0.2) is 16.7 Å². The summed E-state index contributed by atoms with van der Waals surface area (Å²) in [5.74, 6) is 0.772. The highest BCUT2D eigenvalue weighted by atomic mass is 35.5. The second kappa shape index (κ2) is 10.6. The average Bonchev–Trinajstić information content (AvgIpc) is 3.02. The van der Waals surface area contributed by atoms with E-state index in [9.17, 15) is 4.79 Å². The smallest absolute Gasteiger partial charge is 0.266 e. The van der Waals surface area contributed by atoms with Crippen molar-refractivity contribution in [3.63, 3.8) is 0 Å². The van der Waals surface area contributed by atoms with Gasteiger partial charge in [-0.3, -0.25) is 14.7 Å². The summed E-state index contributed by atoms with van der Waals surface area (Å²) in [6.07, 6.45) is 1.78. The summed E-state index contributed by atoms with van der Waals surface area (Å²) in [7, 11) is 1.53. The number of methoxy groups -OCH3 is 1. The molecule has 1 saturated heterocycles. The van der Waals surface area contributed by atoms with Crippen LogP contribution in [-0.2, 0) is 11.4 Å². The third kappa shape index (κ3) is 5.50. The molecule has 0 aromatic heterocycles. The van der Waals surface area contributed by atoms with E-state index in [-0.39, 0.29) is 12.5 Å². The molecule has 1 aliphatic heterocycles. The lowest BCUT2D eigenvalue weighted by molar-refractivity contribution is -0.122. The molecule has 0 aliphatic carbocycles. The van der Waals surface area contributed by atoms with E-state index in [1.807, 2.05) is 13.8 Å². The van der Waals surface area contributed by atoms with Crippen LogP contribution in [0.5, 0.6) is 11.5 Å². The van der Waals surface area contributed by atoms with E-state index in [0.717, 1.165) is 11.1 Å². The predicted molar refractivity (Wildman–Crippen MR) is 130 cm³/mol. The Bertz CT molecular complexity index is 1060. The van der Waals surface area contributed by atoms with E-state index >= 15 is 0 Å². The number of carbonyl (C=O) groups is 1. The summed E-state index contributed by atoms with van der Waals surface area (Å²) in [6, 6.07) is 8.70. The highest BCUT2D eigenvalue weighted by Gasteiger charge is 2.32. The minimum Gasteiger partial charge on any atom is -0.493 e. The van der Waals surface area contributed by atoms with Crippen LogP contribution in [0.1, 0.15) is 25.0 Å². The SMILES string of the molecule is CCN=C1S/C(=C\c2cc(Cl)c(OCc3ccc(Cl)cc3Cl)c(OC)c2)C(=O)N1CC. The fourth-order valence-corrected chi connectivity index (χ4v) is 4.78. The predicted octanol–water partition coefficient (Wildman–Crippen LogP) is 6.55. The fourth-order valence-electron chi connectivity index (χ4n) is 2.94. The van der Waals surface area contributed by atoms with Gasteiger partial charge >= 0.3 is 0 Å². The summed E-state index contributed by atoms with van der Waals surface area (Å²) in [4.78, 5) is 19.3. The molecule has 1 aliphatic rings. The third-order valence-corrected chi connectivity index (χ3v) is 6.35. The van der Waals surface area contributed by atoms with E-state index in [0.29, 0.717) is 49.7 Å². The molecular formula is C22H21Cl3N2O3S. The van der Waals surface area contributed by atoms with Crippen molar-refractivity contribution in [2.24, 2.45) is 4.99 Å². The Kier molecular flexibility index (Phi) is 8.17. The van der Waals surface area contributed by atoms with Crippen LogP contribution in [0, 0.1) is 0 Å². The lowest BCUT2D eigenvalue weighted by Gasteiger charge is -2.14. The van der Waals surface area contributed by atoms with Crippen molar-refractivity contribution in [1.29, 1.82) is 0 Å². The Morgan fingerprint density at radius 3 is 2.55 bits per heavy atom. The topological polar surface area (TPSA) is 51.1 Å². The first-order chi connectivity index (χ1) is 14.9. The van der Waals surface area contributed by atoms with Crippen LogP contribution in [0.4, 0.5) is 0 Å². The van der Waals surface area contributed by atoms with Crippen LogP contribution < -0.4 is 9.47 Å². The zero-order chi connectivity index (χ0) is 22.5. The van der Waals surface area contributed by atoms with Gasteiger partial charge in [-0.2, -0.15) is 0 Å². The van der Waals surface area contributed by atoms with Crippen LogP contribution in [0.15, 0.2) is 40.2 Å². The maximum Gasteiger partial charge on any atom is 0.266 e. The third-order valence-electron chi connectivity index (χ3n) is 4.43. The number of thioether (sulfide) groups is 1. The minimum absolute atomic E-state index is 0.0764. The standard InChI is InChI=1S/C22H21Cl3N2O3S/c1-4-26-22-27(5-2)21(28)19(31-22)10-13-8-17(25)20(18(9-13)29-3)30-12-14-6-7-15(23)11-16(14)24/h6-11H,4-5,12H2,1-3H3/b19-10-,26-22?. The molecule has 0 saturated carbocycles. The summed E-state index contributed by atoms with van der Waals surface area (Å²) >= 11 is 20.0. The first-order valence-electron chi connectivity index (χ1n) is 9.58. The van der Waals surface area contributed by atoms with Crippen molar-refractivity contribution in [2.45, 2.75) is 20.5 Å². The molecule has 9 heteroatoms. The second-order valence-electron chi connectivity index (χ2n) is 6.48. The van der Waals surface area contributed by atoms with Gasteiger partial charge in [0.25, 0.3) is 5.91 Å². The van der Waals surface area contributed by atoms with Gasteiger partial charge < -0.3 is 9.47 Å². The van der Waals surface area contributed by atoms with Gasteiger partial charge in [-0.1, -0.05) is 40.9 Å². The number of likely N-dealkylation sites (N-methyl/N-ethyl adjacent to an activating group) is 1. The van der Waals surface area contributed by atoms with Crippen LogP contribution in [0.3, 0.4) is 0 Å². The molecule has 3 rings (SSSR count). The van der Waals surface area contributed by atoms with Gasteiger partial charge in [-0.15, -0.1) is 0 Å². The van der Waals surface area contributed by atoms with Crippen molar-refractivity contribution in [3.05, 3.63) is 61.4 Å². The minimum atomic E-state index is -0.0764. The van der Waals surface area contributed by atoms with Crippen LogP contribution >= 0.6 is 46.6 Å². The number of amidine groups is 1. The lowest BCUT2D eigenvalue weighted by atomic mass is 10.1. The van der Waals surface area contributed by atoms with E-state index in [4.69, 9.17) is 44.3 Å². The average molecular weight is 500 g/mol. The van der Waals surface area contributed by atoms with Crippen molar-refractivity contribution in [2.75, 3.05) is 20.2 Å². The number of hydrogen-bond acceptors (Lipinski definition) is 5. The normalized spacial score (nSPS) is 16.5. The Morgan fingerprint density at radius 1 is 1.13 bits per heavy atom. The second-order valence-corrected chi connectivity index (χ2v) is 8.74. The number of aliphatic imine (C=N–C) groups is 1. The molecule has 0 N–H and O–H groups in total. The van der Waals surface area contributed by atoms with E-state index < -0.39 is 0 Å². The first kappa shape index (κ1) is 23.8. The molecule has 1 heterocycles. The molecule has 0 unspecified atom stereocenters. The molecule has 1 fully saturated rings. The zero-order valence-corrected chi connectivity index (χ0v) is 20.3. The molecule has 2 aromatic carbocycles. The number of nitrogens with zero attached hydrogens (tertiary/aromatic N) is 2. The molecule has 2 aromatic rings. The van der Waals surface area contributed by atoms with Crippen molar-refractivity contribution in [3.8, 4) is 11.5 Å². The Hall–Kier alpha value is -1.86. The number of hydrogen-bond donors (Lipinski definition) is 0. The molecule has 0 radical (unpaired) electrons. The van der Waals surface area contributed by atoms with Gasteiger partial charge in [0.05, 0.1) is 17.0 Å². The van der Waals surface area contributed by atoms with Crippen molar-refractivity contribution >= 4 is 63.7 Å². The largest absolute Gasteiger partial charge is 0.493 e. The monoisotopic (exact) mass is 498 g/mol. The Labute approximate surface area is 201 Å². The maximum absolute atomic E-state index is 12.7. The molecule has 1 amide bonds. The highest BCUT2D eigenvalue weighted by molar-refractivity contribution is 8.18. The fraction of sp³-hybridized carbons (Fsp3) is 0.273. The number of rotatable bonds is 7. The highest BCUT2D eigenvalue weighted by Crippen LogP contribution is 2.39. The van der Waals surface area contributed by atoms with E-state index in [1.165, 1.54) is 18.9 Å². The Balaban J connectivity index is 1.86. The van der Waals surface area contributed by atoms with Gasteiger partial charge in [0, 0.05) is 28.7 Å². The van der Waals surface area contributed by atoms with Gasteiger partial charge in [0.2, 0.25) is 0 Å². The molecule has 31 heavy (non-hydrogen) atoms. The van der Waals surface area contributed by atoms with Gasteiger partial charge in [-0.25, -0.2) is 0 Å².